The van der Waals surface area contributed by atoms with E-state index in [9.17, 15) is 14.0 Å². The molecule has 1 aromatic rings. The minimum Gasteiger partial charge on any atom is -0.466 e. The molecule has 0 amide bonds. The summed E-state index contributed by atoms with van der Waals surface area (Å²) < 4.78 is 22.2. The van der Waals surface area contributed by atoms with Crippen molar-refractivity contribution in [3.8, 4) is 0 Å². The van der Waals surface area contributed by atoms with Crippen molar-refractivity contribution in [1.82, 2.24) is 0 Å². The Kier molecular flexibility index (Phi) is 4.39. The first kappa shape index (κ1) is 12.9. The van der Waals surface area contributed by atoms with Gasteiger partial charge in [-0.1, -0.05) is 0 Å². The van der Waals surface area contributed by atoms with Crippen molar-refractivity contribution in [1.29, 1.82) is 0 Å². The molecule has 0 spiro atoms. The molecule has 5 heteroatoms. The van der Waals surface area contributed by atoms with Crippen LogP contribution >= 0.6 is 0 Å². The number of halogens is 1. The summed E-state index contributed by atoms with van der Waals surface area (Å²) in [6, 6.07) is 3.72. The average Bonchev–Trinajstić information content (AvgIpc) is 2.36. The molecule has 0 saturated carbocycles. The zero-order valence-corrected chi connectivity index (χ0v) is 9.40. The van der Waals surface area contributed by atoms with Gasteiger partial charge in [0.1, 0.15) is 5.82 Å². The number of carbonyl (C=O) groups is 2. The molecule has 0 heterocycles. The molecule has 1 aromatic carbocycles. The fourth-order valence-corrected chi connectivity index (χ4v) is 1.14. The van der Waals surface area contributed by atoms with Gasteiger partial charge in [0.2, 0.25) is 0 Å². The smallest absolute Gasteiger partial charge is 0.337 e. The van der Waals surface area contributed by atoms with Crippen LogP contribution in [-0.2, 0) is 14.3 Å². The fraction of sp³-hybridized carbons (Fsp3) is 0.167. The van der Waals surface area contributed by atoms with Gasteiger partial charge in [-0.3, -0.25) is 0 Å². The van der Waals surface area contributed by atoms with Gasteiger partial charge in [-0.25, -0.2) is 14.0 Å². The highest BCUT2D eigenvalue weighted by Crippen LogP contribution is 2.13. The number of hydrogen-bond donors (Lipinski definition) is 0. The normalized spacial score (nSPS) is 10.3. The van der Waals surface area contributed by atoms with Crippen LogP contribution < -0.4 is 0 Å². The number of esters is 2. The van der Waals surface area contributed by atoms with E-state index in [0.717, 1.165) is 12.1 Å². The molecule has 17 heavy (non-hydrogen) atoms. The largest absolute Gasteiger partial charge is 0.466 e. The lowest BCUT2D eigenvalue weighted by atomic mass is 10.1. The molecule has 0 aliphatic carbocycles. The predicted molar refractivity (Wildman–Crippen MR) is 58.8 cm³/mol. The minimum absolute atomic E-state index is 0.110. The molecular formula is C12H11FO4. The van der Waals surface area contributed by atoms with Crippen molar-refractivity contribution in [3.05, 3.63) is 41.2 Å². The van der Waals surface area contributed by atoms with Gasteiger partial charge in [0.15, 0.2) is 0 Å². The Bertz CT molecular complexity index is 466. The molecule has 90 valence electrons. The van der Waals surface area contributed by atoms with Gasteiger partial charge in [0, 0.05) is 11.6 Å². The molecule has 0 aromatic heterocycles. The number of hydrogen-bond acceptors (Lipinski definition) is 4. The molecule has 0 N–H and O–H groups in total. The highest BCUT2D eigenvalue weighted by atomic mass is 19.1. The Morgan fingerprint density at radius 3 is 2.53 bits per heavy atom. The van der Waals surface area contributed by atoms with E-state index >= 15 is 0 Å². The first-order chi connectivity index (χ1) is 8.08. The quantitative estimate of drug-likeness (QED) is 0.595. The van der Waals surface area contributed by atoms with Gasteiger partial charge < -0.3 is 9.47 Å². The van der Waals surface area contributed by atoms with Gasteiger partial charge in [-0.2, -0.15) is 0 Å². The van der Waals surface area contributed by atoms with Gasteiger partial charge >= 0.3 is 11.9 Å². The zero-order chi connectivity index (χ0) is 12.8. The number of ether oxygens (including phenoxy) is 2. The van der Waals surface area contributed by atoms with E-state index in [1.54, 1.807) is 0 Å². The van der Waals surface area contributed by atoms with Crippen molar-refractivity contribution in [3.63, 3.8) is 0 Å². The molecule has 4 nitrogen and oxygen atoms in total. The van der Waals surface area contributed by atoms with Crippen molar-refractivity contribution in [2.75, 3.05) is 14.2 Å². The van der Waals surface area contributed by atoms with Gasteiger partial charge in [0.25, 0.3) is 0 Å². The maximum atomic E-state index is 13.3. The number of rotatable bonds is 3. The second kappa shape index (κ2) is 5.79. The molecule has 0 aliphatic heterocycles. The summed E-state index contributed by atoms with van der Waals surface area (Å²) in [4.78, 5) is 22.1. The van der Waals surface area contributed by atoms with E-state index in [0.29, 0.717) is 0 Å². The number of benzene rings is 1. The predicted octanol–water partition coefficient (Wildman–Crippen LogP) is 1.80. The maximum Gasteiger partial charge on any atom is 0.337 e. The van der Waals surface area contributed by atoms with Gasteiger partial charge in [-0.05, 0) is 24.3 Å². The summed E-state index contributed by atoms with van der Waals surface area (Å²) >= 11 is 0. The lowest BCUT2D eigenvalue weighted by Crippen LogP contribution is -2.02. The molecule has 0 radical (unpaired) electrons. The standard InChI is InChI=1S/C12H11FO4/c1-16-11(14)6-4-8-7-9(12(15)17-2)3-5-10(8)13/h3-7H,1-2H3. The third kappa shape index (κ3) is 3.41. The van der Waals surface area contributed by atoms with E-state index in [2.05, 4.69) is 9.47 Å². The van der Waals surface area contributed by atoms with Crippen molar-refractivity contribution in [2.45, 2.75) is 0 Å². The van der Waals surface area contributed by atoms with E-state index in [1.165, 1.54) is 32.4 Å². The average molecular weight is 238 g/mol. The van der Waals surface area contributed by atoms with Crippen LogP contribution in [0.1, 0.15) is 15.9 Å². The molecule has 0 atom stereocenters. The van der Waals surface area contributed by atoms with Crippen LogP contribution in [0, 0.1) is 5.82 Å². The Labute approximate surface area is 97.6 Å². The van der Waals surface area contributed by atoms with Gasteiger partial charge in [-0.15, -0.1) is 0 Å². The molecule has 0 bridgehead atoms. The number of carbonyl (C=O) groups excluding carboxylic acids is 2. The van der Waals surface area contributed by atoms with E-state index in [1.807, 2.05) is 0 Å². The van der Waals surface area contributed by atoms with Crippen LogP contribution in [0.5, 0.6) is 0 Å². The molecule has 1 rings (SSSR count). The summed E-state index contributed by atoms with van der Waals surface area (Å²) in [6.45, 7) is 0. The summed E-state index contributed by atoms with van der Waals surface area (Å²) in [6.07, 6.45) is 2.30. The number of methoxy groups -OCH3 is 2. The second-order valence-corrected chi connectivity index (χ2v) is 3.08. The summed E-state index contributed by atoms with van der Waals surface area (Å²) in [5.41, 5.74) is 0.316. The van der Waals surface area contributed by atoms with Crippen LogP contribution in [0.4, 0.5) is 4.39 Å². The van der Waals surface area contributed by atoms with Crippen LogP contribution in [0.2, 0.25) is 0 Å². The molecular weight excluding hydrogens is 227 g/mol. The van der Waals surface area contributed by atoms with E-state index in [-0.39, 0.29) is 11.1 Å². The van der Waals surface area contributed by atoms with Crippen LogP contribution in [0.15, 0.2) is 24.3 Å². The van der Waals surface area contributed by atoms with Crippen LogP contribution in [-0.4, -0.2) is 26.2 Å². The third-order valence-electron chi connectivity index (χ3n) is 2.02. The van der Waals surface area contributed by atoms with Crippen molar-refractivity contribution < 1.29 is 23.5 Å². The Morgan fingerprint density at radius 2 is 1.94 bits per heavy atom. The summed E-state index contributed by atoms with van der Waals surface area (Å²) in [7, 11) is 2.45. The monoisotopic (exact) mass is 238 g/mol. The molecule has 0 fully saturated rings. The highest BCUT2D eigenvalue weighted by Gasteiger charge is 2.08. The van der Waals surface area contributed by atoms with Crippen LogP contribution in [0.3, 0.4) is 0 Å². The Morgan fingerprint density at radius 1 is 1.24 bits per heavy atom. The third-order valence-corrected chi connectivity index (χ3v) is 2.02. The summed E-state index contributed by atoms with van der Waals surface area (Å²) in [5, 5.41) is 0. The Hall–Kier alpha value is -2.17. The SMILES string of the molecule is COC(=O)C=Cc1cc(C(=O)OC)ccc1F. The van der Waals surface area contributed by atoms with Crippen LogP contribution in [0.25, 0.3) is 6.08 Å². The fourth-order valence-electron chi connectivity index (χ4n) is 1.14. The summed E-state index contributed by atoms with van der Waals surface area (Å²) in [5.74, 6) is -1.72. The van der Waals surface area contributed by atoms with E-state index < -0.39 is 17.8 Å². The topological polar surface area (TPSA) is 52.6 Å². The van der Waals surface area contributed by atoms with Gasteiger partial charge in [0.05, 0.1) is 19.8 Å². The molecule has 0 unspecified atom stereocenters. The first-order valence-corrected chi connectivity index (χ1v) is 4.72. The zero-order valence-electron chi connectivity index (χ0n) is 9.40. The maximum absolute atomic E-state index is 13.3. The van der Waals surface area contributed by atoms with E-state index in [4.69, 9.17) is 0 Å². The lowest BCUT2D eigenvalue weighted by Gasteiger charge is -2.01. The Balaban J connectivity index is 3.02. The minimum atomic E-state index is -0.604. The first-order valence-electron chi connectivity index (χ1n) is 4.72. The highest BCUT2D eigenvalue weighted by molar-refractivity contribution is 5.91. The lowest BCUT2D eigenvalue weighted by molar-refractivity contribution is -0.134. The van der Waals surface area contributed by atoms with Crippen molar-refractivity contribution >= 4 is 18.0 Å². The van der Waals surface area contributed by atoms with Crippen molar-refractivity contribution in [2.24, 2.45) is 0 Å². The second-order valence-electron chi connectivity index (χ2n) is 3.08. The molecule has 0 aliphatic rings. The molecule has 0 saturated heterocycles.